The molecule has 0 saturated carbocycles. The van der Waals surface area contributed by atoms with Crippen LogP contribution >= 0.6 is 0 Å². The molecular weight excluding hydrogens is 242 g/mol. The van der Waals surface area contributed by atoms with E-state index in [-0.39, 0.29) is 0 Å². The van der Waals surface area contributed by atoms with E-state index in [0.717, 1.165) is 19.6 Å². The fraction of sp³-hybridized carbons (Fsp3) is 0.684. The molecular formula is C19H35N. The minimum Gasteiger partial charge on any atom is -0.300 e. The highest BCUT2D eigenvalue weighted by Crippen LogP contribution is 2.11. The van der Waals surface area contributed by atoms with Gasteiger partial charge in [0.2, 0.25) is 0 Å². The van der Waals surface area contributed by atoms with Crippen LogP contribution in [0.1, 0.15) is 67.2 Å². The second kappa shape index (κ2) is 12.0. The topological polar surface area (TPSA) is 3.24 Å². The van der Waals surface area contributed by atoms with Gasteiger partial charge in [0.1, 0.15) is 0 Å². The third-order valence-electron chi connectivity index (χ3n) is 3.72. The van der Waals surface area contributed by atoms with Crippen molar-refractivity contribution in [2.45, 2.75) is 67.2 Å². The van der Waals surface area contributed by atoms with Crippen molar-refractivity contribution in [3.05, 3.63) is 34.9 Å². The van der Waals surface area contributed by atoms with Crippen molar-refractivity contribution < 1.29 is 0 Å². The molecule has 0 aliphatic rings. The van der Waals surface area contributed by atoms with Crippen molar-refractivity contribution in [2.24, 2.45) is 0 Å². The zero-order chi connectivity index (χ0) is 15.4. The second-order valence-corrected chi connectivity index (χ2v) is 5.95. The van der Waals surface area contributed by atoms with Crippen LogP contribution in [0, 0.1) is 0 Å². The summed E-state index contributed by atoms with van der Waals surface area (Å²) in [5.41, 5.74) is 4.47. The Balaban J connectivity index is 3.96. The Morgan fingerprint density at radius 1 is 0.750 bits per heavy atom. The molecule has 0 unspecified atom stereocenters. The van der Waals surface area contributed by atoms with Crippen molar-refractivity contribution >= 4 is 0 Å². The maximum Gasteiger partial charge on any atom is 0.0165 e. The van der Waals surface area contributed by atoms with Gasteiger partial charge in [0.15, 0.2) is 0 Å². The molecule has 0 heterocycles. The highest BCUT2D eigenvalue weighted by Gasteiger charge is 1.96. The molecule has 0 aromatic carbocycles. The molecule has 0 aromatic heterocycles. The molecule has 1 heteroatoms. The van der Waals surface area contributed by atoms with Crippen LogP contribution in [0.5, 0.6) is 0 Å². The van der Waals surface area contributed by atoms with Crippen LogP contribution < -0.4 is 0 Å². The Bertz CT molecular complexity index is 326. The quantitative estimate of drug-likeness (QED) is 0.460. The highest BCUT2D eigenvalue weighted by molar-refractivity contribution is 5.05. The summed E-state index contributed by atoms with van der Waals surface area (Å²) in [5.74, 6) is 0. The number of hydrogen-bond acceptors (Lipinski definition) is 1. The summed E-state index contributed by atoms with van der Waals surface area (Å²) >= 11 is 0. The van der Waals surface area contributed by atoms with Gasteiger partial charge >= 0.3 is 0 Å². The van der Waals surface area contributed by atoms with Crippen LogP contribution in [-0.2, 0) is 0 Å². The van der Waals surface area contributed by atoms with Gasteiger partial charge in [-0.25, -0.2) is 0 Å². The number of nitrogens with zero attached hydrogens (tertiary/aromatic N) is 1. The molecule has 0 aromatic rings. The monoisotopic (exact) mass is 277 g/mol. The van der Waals surface area contributed by atoms with Gasteiger partial charge in [-0.2, -0.15) is 0 Å². The van der Waals surface area contributed by atoms with Gasteiger partial charge in [-0.3, -0.25) is 0 Å². The van der Waals surface area contributed by atoms with Gasteiger partial charge in [0, 0.05) is 6.54 Å². The summed E-state index contributed by atoms with van der Waals surface area (Å²) in [4.78, 5) is 2.45. The molecule has 116 valence electrons. The van der Waals surface area contributed by atoms with E-state index in [1.165, 1.54) is 42.4 Å². The molecule has 20 heavy (non-hydrogen) atoms. The van der Waals surface area contributed by atoms with E-state index < -0.39 is 0 Å². The first-order chi connectivity index (χ1) is 9.49. The van der Waals surface area contributed by atoms with Crippen LogP contribution in [0.25, 0.3) is 0 Å². The fourth-order valence-corrected chi connectivity index (χ4v) is 2.11. The third kappa shape index (κ3) is 11.0. The van der Waals surface area contributed by atoms with Gasteiger partial charge in [-0.05, 0) is 66.5 Å². The number of likely N-dealkylation sites (N-methyl/N-ethyl adjacent to an activating group) is 1. The van der Waals surface area contributed by atoms with Crippen LogP contribution in [0.3, 0.4) is 0 Å². The van der Waals surface area contributed by atoms with Crippen molar-refractivity contribution in [1.29, 1.82) is 0 Å². The fourth-order valence-electron chi connectivity index (χ4n) is 2.11. The van der Waals surface area contributed by atoms with E-state index in [4.69, 9.17) is 0 Å². The lowest BCUT2D eigenvalue weighted by atomic mass is 10.1. The first-order valence-electron chi connectivity index (χ1n) is 8.16. The Labute approximate surface area is 127 Å². The molecule has 1 nitrogen and oxygen atoms in total. The van der Waals surface area contributed by atoms with Gasteiger partial charge < -0.3 is 4.90 Å². The summed E-state index contributed by atoms with van der Waals surface area (Å²) in [6.07, 6.45) is 11.9. The van der Waals surface area contributed by atoms with E-state index in [9.17, 15) is 0 Å². The Morgan fingerprint density at radius 2 is 1.25 bits per heavy atom. The second-order valence-electron chi connectivity index (χ2n) is 5.95. The predicted octanol–water partition coefficient (Wildman–Crippen LogP) is 5.75. The summed E-state index contributed by atoms with van der Waals surface area (Å²) in [5, 5.41) is 0. The largest absolute Gasteiger partial charge is 0.300 e. The van der Waals surface area contributed by atoms with E-state index in [1.807, 2.05) is 0 Å². The normalized spacial score (nSPS) is 12.9. The predicted molar refractivity (Wildman–Crippen MR) is 93.2 cm³/mol. The molecule has 0 amide bonds. The first kappa shape index (κ1) is 19.2. The van der Waals surface area contributed by atoms with Gasteiger partial charge in [0.25, 0.3) is 0 Å². The molecule has 0 saturated heterocycles. The average Bonchev–Trinajstić information content (AvgIpc) is 2.39. The lowest BCUT2D eigenvalue weighted by Gasteiger charge is -2.15. The van der Waals surface area contributed by atoms with Crippen molar-refractivity contribution in [3.8, 4) is 0 Å². The van der Waals surface area contributed by atoms with E-state index >= 15 is 0 Å². The SMILES string of the molecule is CCN(CC)CC=C(C)CCC=C(C)CCC=C(C)C. The molecule has 0 spiro atoms. The minimum absolute atomic E-state index is 1.10. The summed E-state index contributed by atoms with van der Waals surface area (Å²) in [7, 11) is 0. The lowest BCUT2D eigenvalue weighted by molar-refractivity contribution is 0.336. The summed E-state index contributed by atoms with van der Waals surface area (Å²) in [6, 6.07) is 0. The van der Waals surface area contributed by atoms with Gasteiger partial charge in [-0.15, -0.1) is 0 Å². The number of hydrogen-bond donors (Lipinski definition) is 0. The minimum atomic E-state index is 1.10. The van der Waals surface area contributed by atoms with Gasteiger partial charge in [-0.1, -0.05) is 48.8 Å². The van der Waals surface area contributed by atoms with Crippen LogP contribution in [0.4, 0.5) is 0 Å². The standard InChI is InChI=1S/C19H35N/c1-7-20(8-2)16-15-19(6)14-10-13-18(5)12-9-11-17(3)4/h11,13,15H,7-10,12,14,16H2,1-6H3. The van der Waals surface area contributed by atoms with E-state index in [2.05, 4.69) is 64.7 Å². The summed E-state index contributed by atoms with van der Waals surface area (Å²) < 4.78 is 0. The van der Waals surface area contributed by atoms with Crippen LogP contribution in [0.2, 0.25) is 0 Å². The Kier molecular flexibility index (Phi) is 11.5. The highest BCUT2D eigenvalue weighted by atomic mass is 15.1. The van der Waals surface area contributed by atoms with E-state index in [0.29, 0.717) is 0 Å². The van der Waals surface area contributed by atoms with Crippen molar-refractivity contribution in [2.75, 3.05) is 19.6 Å². The maximum absolute atomic E-state index is 2.45. The molecule has 0 atom stereocenters. The molecule has 0 N–H and O–H groups in total. The number of rotatable bonds is 10. The smallest absolute Gasteiger partial charge is 0.0165 e. The molecule has 0 radical (unpaired) electrons. The molecule has 0 bridgehead atoms. The molecule has 0 aliphatic heterocycles. The number of allylic oxidation sites excluding steroid dienone is 5. The van der Waals surface area contributed by atoms with Gasteiger partial charge in [0.05, 0.1) is 0 Å². The zero-order valence-electron chi connectivity index (χ0n) is 14.6. The van der Waals surface area contributed by atoms with Crippen molar-refractivity contribution in [3.63, 3.8) is 0 Å². The third-order valence-corrected chi connectivity index (χ3v) is 3.72. The first-order valence-corrected chi connectivity index (χ1v) is 8.16. The lowest BCUT2D eigenvalue weighted by Crippen LogP contribution is -2.22. The van der Waals surface area contributed by atoms with Crippen molar-refractivity contribution in [1.82, 2.24) is 4.90 Å². The molecule has 0 fully saturated rings. The average molecular weight is 277 g/mol. The zero-order valence-corrected chi connectivity index (χ0v) is 14.6. The maximum atomic E-state index is 2.45. The Morgan fingerprint density at radius 3 is 1.75 bits per heavy atom. The molecule has 0 aliphatic carbocycles. The van der Waals surface area contributed by atoms with E-state index in [1.54, 1.807) is 0 Å². The van der Waals surface area contributed by atoms with Crippen LogP contribution in [0.15, 0.2) is 34.9 Å². The molecule has 0 rings (SSSR count). The van der Waals surface area contributed by atoms with Crippen LogP contribution in [-0.4, -0.2) is 24.5 Å². The Hall–Kier alpha value is -0.820. The summed E-state index contributed by atoms with van der Waals surface area (Å²) in [6.45, 7) is 16.7.